The van der Waals surface area contributed by atoms with Crippen LogP contribution in [0.1, 0.15) is 129 Å². The third kappa shape index (κ3) is 11.4. The van der Waals surface area contributed by atoms with Crippen LogP contribution in [0.15, 0.2) is 0 Å². The van der Waals surface area contributed by atoms with Crippen molar-refractivity contribution >= 4 is 0 Å². The zero-order chi connectivity index (χ0) is 24.8. The second-order valence-electron chi connectivity index (χ2n) is 11.5. The summed E-state index contributed by atoms with van der Waals surface area (Å²) < 4.78 is 37.2. The fraction of sp³-hybridized carbons (Fsp3) is 1.00. The lowest BCUT2D eigenvalue weighted by molar-refractivity contribution is -0.228. The van der Waals surface area contributed by atoms with Crippen LogP contribution in [0.4, 0.5) is 0 Å². The summed E-state index contributed by atoms with van der Waals surface area (Å²) in [5.74, 6) is 0. The summed E-state index contributed by atoms with van der Waals surface area (Å²) in [4.78, 5) is 0. The predicted molar refractivity (Wildman–Crippen MR) is 138 cm³/mol. The van der Waals surface area contributed by atoms with E-state index in [1.807, 2.05) is 0 Å². The molecule has 5 unspecified atom stereocenters. The lowest BCUT2D eigenvalue weighted by Gasteiger charge is -2.38. The van der Waals surface area contributed by atoms with E-state index in [9.17, 15) is 0 Å². The minimum atomic E-state index is -0.157. The van der Waals surface area contributed by atoms with Crippen molar-refractivity contribution in [2.75, 3.05) is 26.9 Å². The second kappa shape index (κ2) is 15.9. The van der Waals surface area contributed by atoms with Crippen LogP contribution in [0.5, 0.6) is 0 Å². The number of methoxy groups -OCH3 is 1. The molecule has 3 saturated heterocycles. The minimum Gasteiger partial charge on any atom is -0.356 e. The fourth-order valence-electron chi connectivity index (χ4n) is 5.82. The third-order valence-electron chi connectivity index (χ3n) is 8.08. The molecule has 3 aliphatic heterocycles. The zero-order valence-electron chi connectivity index (χ0n) is 23.0. The molecule has 35 heavy (non-hydrogen) atoms. The number of hydrogen-bond acceptors (Lipinski definition) is 6. The van der Waals surface area contributed by atoms with Crippen molar-refractivity contribution < 1.29 is 28.4 Å². The summed E-state index contributed by atoms with van der Waals surface area (Å²) in [6.45, 7) is 6.94. The lowest BCUT2D eigenvalue weighted by Crippen LogP contribution is -2.38. The van der Waals surface area contributed by atoms with Crippen LogP contribution in [0.25, 0.3) is 0 Å². The summed E-state index contributed by atoms with van der Waals surface area (Å²) in [5, 5.41) is 0. The first-order valence-corrected chi connectivity index (χ1v) is 14.7. The quantitative estimate of drug-likeness (QED) is 0.397. The van der Waals surface area contributed by atoms with Gasteiger partial charge in [0.1, 0.15) is 0 Å². The lowest BCUT2D eigenvalue weighted by atomic mass is 9.90. The zero-order valence-corrected chi connectivity index (χ0v) is 23.0. The number of ether oxygens (including phenoxy) is 6. The van der Waals surface area contributed by atoms with Crippen molar-refractivity contribution in [1.82, 2.24) is 0 Å². The summed E-state index contributed by atoms with van der Waals surface area (Å²) in [5.41, 5.74) is -0.286. The molecule has 206 valence electrons. The van der Waals surface area contributed by atoms with Gasteiger partial charge in [-0.2, -0.15) is 0 Å². The van der Waals surface area contributed by atoms with E-state index in [4.69, 9.17) is 28.4 Å². The van der Waals surface area contributed by atoms with Gasteiger partial charge in [0.05, 0.1) is 11.2 Å². The van der Waals surface area contributed by atoms with Crippen LogP contribution in [0, 0.1) is 0 Å². The standard InChI is InChI=1S/C29H54O6/c1-28(18-8-11-23-31-25(30-3)16-13-20-28)35-27-17-14-21-29(2,19-9-12-24-33-27)34-26-15-7-5-4-6-10-22-32-26/h25-27H,4-24H2,1-3H3. The average molecular weight is 499 g/mol. The second-order valence-corrected chi connectivity index (χ2v) is 11.5. The Kier molecular flexibility index (Phi) is 13.3. The van der Waals surface area contributed by atoms with Crippen LogP contribution in [0.3, 0.4) is 0 Å². The Bertz CT molecular complexity index is 549. The Morgan fingerprint density at radius 3 is 1.46 bits per heavy atom. The molecule has 0 radical (unpaired) electrons. The molecule has 0 aromatic rings. The van der Waals surface area contributed by atoms with E-state index < -0.39 is 0 Å². The highest BCUT2D eigenvalue weighted by molar-refractivity contribution is 4.80. The van der Waals surface area contributed by atoms with Gasteiger partial charge in [-0.3, -0.25) is 0 Å². The molecule has 6 nitrogen and oxygen atoms in total. The molecule has 0 aliphatic carbocycles. The van der Waals surface area contributed by atoms with Gasteiger partial charge >= 0.3 is 0 Å². The number of rotatable bonds is 5. The van der Waals surface area contributed by atoms with Gasteiger partial charge in [-0.15, -0.1) is 0 Å². The Labute approximate surface area is 215 Å². The van der Waals surface area contributed by atoms with E-state index in [-0.39, 0.29) is 30.1 Å². The van der Waals surface area contributed by atoms with E-state index in [0.717, 1.165) is 110 Å². The fourth-order valence-corrected chi connectivity index (χ4v) is 5.82. The highest BCUT2D eigenvalue weighted by atomic mass is 16.7. The molecule has 5 atom stereocenters. The molecular formula is C29H54O6. The van der Waals surface area contributed by atoms with Crippen LogP contribution >= 0.6 is 0 Å². The molecule has 3 aliphatic rings. The molecule has 6 heteroatoms. The Balaban J connectivity index is 1.53. The molecule has 0 aromatic carbocycles. The predicted octanol–water partition coefficient (Wildman–Crippen LogP) is 7.27. The van der Waals surface area contributed by atoms with Crippen molar-refractivity contribution in [3.63, 3.8) is 0 Å². The molecule has 3 fully saturated rings. The Morgan fingerprint density at radius 1 is 0.486 bits per heavy atom. The molecule has 0 N–H and O–H groups in total. The van der Waals surface area contributed by atoms with Crippen molar-refractivity contribution in [2.24, 2.45) is 0 Å². The van der Waals surface area contributed by atoms with Gasteiger partial charge < -0.3 is 28.4 Å². The van der Waals surface area contributed by atoms with E-state index in [1.54, 1.807) is 7.11 Å². The van der Waals surface area contributed by atoms with E-state index in [0.29, 0.717) is 0 Å². The normalized spacial score (nSPS) is 38.0. The first-order chi connectivity index (χ1) is 17.0. The summed E-state index contributed by atoms with van der Waals surface area (Å²) in [6.07, 6.45) is 19.4. The van der Waals surface area contributed by atoms with Gasteiger partial charge in [0.2, 0.25) is 0 Å². The highest BCUT2D eigenvalue weighted by Gasteiger charge is 2.33. The van der Waals surface area contributed by atoms with E-state index in [2.05, 4.69) is 13.8 Å². The number of hydrogen-bond donors (Lipinski definition) is 0. The summed E-state index contributed by atoms with van der Waals surface area (Å²) in [6, 6.07) is 0. The molecule has 0 saturated carbocycles. The van der Waals surface area contributed by atoms with Crippen LogP contribution in [-0.2, 0) is 28.4 Å². The summed E-state index contributed by atoms with van der Waals surface area (Å²) >= 11 is 0. The van der Waals surface area contributed by atoms with Crippen molar-refractivity contribution in [2.45, 2.75) is 159 Å². The van der Waals surface area contributed by atoms with Gasteiger partial charge in [0, 0.05) is 26.9 Å². The van der Waals surface area contributed by atoms with Gasteiger partial charge in [0.15, 0.2) is 18.9 Å². The molecule has 0 aromatic heterocycles. The molecule has 0 bridgehead atoms. The smallest absolute Gasteiger partial charge is 0.158 e. The van der Waals surface area contributed by atoms with Gasteiger partial charge in [-0.05, 0) is 110 Å². The molecule has 0 spiro atoms. The van der Waals surface area contributed by atoms with Crippen molar-refractivity contribution in [3.8, 4) is 0 Å². The largest absolute Gasteiger partial charge is 0.356 e. The maximum atomic E-state index is 6.75. The van der Waals surface area contributed by atoms with Gasteiger partial charge in [0.25, 0.3) is 0 Å². The minimum absolute atomic E-state index is 0.0499. The molecule has 0 amide bonds. The Morgan fingerprint density at radius 2 is 0.886 bits per heavy atom. The topological polar surface area (TPSA) is 55.4 Å². The van der Waals surface area contributed by atoms with Crippen molar-refractivity contribution in [1.29, 1.82) is 0 Å². The van der Waals surface area contributed by atoms with Gasteiger partial charge in [-0.1, -0.05) is 19.3 Å². The van der Waals surface area contributed by atoms with Crippen LogP contribution < -0.4 is 0 Å². The molecule has 3 heterocycles. The van der Waals surface area contributed by atoms with Crippen LogP contribution in [-0.4, -0.2) is 57.0 Å². The monoisotopic (exact) mass is 498 g/mol. The third-order valence-corrected chi connectivity index (χ3v) is 8.08. The summed E-state index contributed by atoms with van der Waals surface area (Å²) in [7, 11) is 1.74. The molecular weight excluding hydrogens is 444 g/mol. The van der Waals surface area contributed by atoms with Gasteiger partial charge in [-0.25, -0.2) is 0 Å². The highest BCUT2D eigenvalue weighted by Crippen LogP contribution is 2.34. The van der Waals surface area contributed by atoms with Crippen molar-refractivity contribution in [3.05, 3.63) is 0 Å². The first-order valence-electron chi connectivity index (χ1n) is 14.7. The van der Waals surface area contributed by atoms with E-state index in [1.165, 1.54) is 25.7 Å². The maximum Gasteiger partial charge on any atom is 0.158 e. The average Bonchev–Trinajstić information content (AvgIpc) is 2.96. The van der Waals surface area contributed by atoms with Crippen LogP contribution in [0.2, 0.25) is 0 Å². The van der Waals surface area contributed by atoms with E-state index >= 15 is 0 Å². The maximum absolute atomic E-state index is 6.75. The SMILES string of the molecule is COC1CCCC(C)(OC2CCCC(C)(OC3CCCCCCCO3)CCCCO2)CCCCO1. The molecule has 3 rings (SSSR count). The first kappa shape index (κ1) is 29.3. The Hall–Kier alpha value is -0.240.